The molecule has 0 aliphatic rings. The molecule has 2 amide bonds. The van der Waals surface area contributed by atoms with Crippen molar-refractivity contribution < 1.29 is 4.79 Å². The summed E-state index contributed by atoms with van der Waals surface area (Å²) in [6, 6.07) is 27.0. The minimum atomic E-state index is 0.0267. The molecule has 0 saturated carbocycles. The summed E-state index contributed by atoms with van der Waals surface area (Å²) in [6.07, 6.45) is 3.91. The van der Waals surface area contributed by atoms with Crippen molar-refractivity contribution in [2.45, 2.75) is 53.0 Å². The first-order valence-corrected chi connectivity index (χ1v) is 11.5. The number of rotatable bonds is 9. The SMILES string of the molecule is CCCCN(Cc1ccccc1)C(=O)N(c1cccc(CC)c1)c1cccc(CC)c1. The Labute approximate surface area is 187 Å². The Morgan fingerprint density at radius 3 is 1.77 bits per heavy atom. The predicted octanol–water partition coefficient (Wildman–Crippen LogP) is 7.37. The maximum Gasteiger partial charge on any atom is 0.329 e. The first-order valence-electron chi connectivity index (χ1n) is 11.5. The first-order chi connectivity index (χ1) is 15.2. The molecule has 0 aromatic heterocycles. The molecular weight excluding hydrogens is 380 g/mol. The minimum absolute atomic E-state index is 0.0267. The first kappa shape index (κ1) is 22.6. The van der Waals surface area contributed by atoms with E-state index in [1.54, 1.807) is 0 Å². The van der Waals surface area contributed by atoms with Gasteiger partial charge in [0.2, 0.25) is 0 Å². The molecule has 31 heavy (non-hydrogen) atoms. The fourth-order valence-electron chi connectivity index (χ4n) is 3.74. The highest BCUT2D eigenvalue weighted by molar-refractivity contribution is 5.99. The lowest BCUT2D eigenvalue weighted by atomic mass is 10.1. The minimum Gasteiger partial charge on any atom is -0.320 e. The zero-order valence-electron chi connectivity index (χ0n) is 19.1. The number of nitrogens with zero attached hydrogens (tertiary/aromatic N) is 2. The van der Waals surface area contributed by atoms with Crippen molar-refractivity contribution in [2.24, 2.45) is 0 Å². The predicted molar refractivity (Wildman–Crippen MR) is 131 cm³/mol. The van der Waals surface area contributed by atoms with Crippen LogP contribution in [0.25, 0.3) is 0 Å². The summed E-state index contributed by atoms with van der Waals surface area (Å²) in [4.78, 5) is 17.9. The molecule has 0 fully saturated rings. The van der Waals surface area contributed by atoms with E-state index in [2.05, 4.69) is 57.2 Å². The smallest absolute Gasteiger partial charge is 0.320 e. The summed E-state index contributed by atoms with van der Waals surface area (Å²) in [5, 5.41) is 0. The number of amides is 2. The van der Waals surface area contributed by atoms with E-state index in [0.29, 0.717) is 6.54 Å². The maximum absolute atomic E-state index is 14.0. The van der Waals surface area contributed by atoms with Gasteiger partial charge in [-0.1, -0.05) is 81.8 Å². The molecule has 0 unspecified atom stereocenters. The maximum atomic E-state index is 14.0. The van der Waals surface area contributed by atoms with Crippen LogP contribution in [-0.4, -0.2) is 17.5 Å². The van der Waals surface area contributed by atoms with Gasteiger partial charge in [-0.05, 0) is 60.2 Å². The monoisotopic (exact) mass is 414 g/mol. The van der Waals surface area contributed by atoms with E-state index in [1.807, 2.05) is 52.3 Å². The van der Waals surface area contributed by atoms with E-state index in [9.17, 15) is 4.79 Å². The third kappa shape index (κ3) is 5.97. The Kier molecular flexibility index (Phi) is 8.28. The Balaban J connectivity index is 2.03. The molecule has 0 spiro atoms. The molecule has 3 aromatic rings. The van der Waals surface area contributed by atoms with Gasteiger partial charge < -0.3 is 4.90 Å². The second-order valence-electron chi connectivity index (χ2n) is 7.93. The Morgan fingerprint density at radius 1 is 0.710 bits per heavy atom. The molecule has 0 heterocycles. The average Bonchev–Trinajstić information content (AvgIpc) is 2.82. The summed E-state index contributed by atoms with van der Waals surface area (Å²) >= 11 is 0. The molecule has 0 aliphatic carbocycles. The van der Waals surface area contributed by atoms with Crippen molar-refractivity contribution >= 4 is 17.4 Å². The molecule has 0 radical (unpaired) electrons. The number of anilines is 2. The lowest BCUT2D eigenvalue weighted by Gasteiger charge is -2.31. The highest BCUT2D eigenvalue weighted by Gasteiger charge is 2.24. The molecule has 0 saturated heterocycles. The number of urea groups is 1. The van der Waals surface area contributed by atoms with E-state index >= 15 is 0 Å². The molecule has 162 valence electrons. The van der Waals surface area contributed by atoms with Gasteiger partial charge in [0.05, 0.1) is 11.4 Å². The topological polar surface area (TPSA) is 23.6 Å². The van der Waals surface area contributed by atoms with Crippen molar-refractivity contribution in [2.75, 3.05) is 11.4 Å². The fraction of sp³-hybridized carbons (Fsp3) is 0.321. The third-order valence-electron chi connectivity index (χ3n) is 5.61. The van der Waals surface area contributed by atoms with Crippen LogP contribution in [0.15, 0.2) is 78.9 Å². The van der Waals surface area contributed by atoms with E-state index < -0.39 is 0 Å². The number of aryl methyl sites for hydroxylation is 2. The summed E-state index contributed by atoms with van der Waals surface area (Å²) in [6.45, 7) is 7.80. The van der Waals surface area contributed by atoms with Gasteiger partial charge in [0.15, 0.2) is 0 Å². The number of hydrogen-bond donors (Lipinski definition) is 0. The number of carbonyl (C=O) groups excluding carboxylic acids is 1. The highest BCUT2D eigenvalue weighted by atomic mass is 16.2. The van der Waals surface area contributed by atoms with Crippen molar-refractivity contribution in [3.63, 3.8) is 0 Å². The molecule has 0 aliphatic heterocycles. The van der Waals surface area contributed by atoms with Gasteiger partial charge in [-0.25, -0.2) is 4.79 Å². The molecule has 3 rings (SSSR count). The van der Waals surface area contributed by atoms with Gasteiger partial charge in [-0.3, -0.25) is 4.90 Å². The van der Waals surface area contributed by atoms with Crippen molar-refractivity contribution in [1.29, 1.82) is 0 Å². The van der Waals surface area contributed by atoms with Crippen LogP contribution in [0.4, 0.5) is 16.2 Å². The third-order valence-corrected chi connectivity index (χ3v) is 5.61. The normalized spacial score (nSPS) is 10.7. The van der Waals surface area contributed by atoms with Gasteiger partial charge in [0.25, 0.3) is 0 Å². The van der Waals surface area contributed by atoms with Gasteiger partial charge in [0.1, 0.15) is 0 Å². The number of benzene rings is 3. The van der Waals surface area contributed by atoms with Crippen molar-refractivity contribution in [1.82, 2.24) is 4.90 Å². The van der Waals surface area contributed by atoms with Gasteiger partial charge in [0, 0.05) is 13.1 Å². The van der Waals surface area contributed by atoms with Crippen molar-refractivity contribution in [3.05, 3.63) is 95.6 Å². The number of carbonyl (C=O) groups is 1. The van der Waals surface area contributed by atoms with Crippen LogP contribution in [0.1, 0.15) is 50.3 Å². The van der Waals surface area contributed by atoms with E-state index in [4.69, 9.17) is 0 Å². The van der Waals surface area contributed by atoms with Crippen LogP contribution in [0.3, 0.4) is 0 Å². The zero-order chi connectivity index (χ0) is 22.1. The second kappa shape index (κ2) is 11.4. The number of hydrogen-bond acceptors (Lipinski definition) is 1. The lowest BCUT2D eigenvalue weighted by molar-refractivity contribution is 0.203. The molecule has 3 heteroatoms. The average molecular weight is 415 g/mol. The summed E-state index contributed by atoms with van der Waals surface area (Å²) in [7, 11) is 0. The zero-order valence-corrected chi connectivity index (χ0v) is 19.1. The molecule has 0 atom stereocenters. The van der Waals surface area contributed by atoms with E-state index in [1.165, 1.54) is 11.1 Å². The van der Waals surface area contributed by atoms with Crippen LogP contribution >= 0.6 is 0 Å². The molecule has 0 N–H and O–H groups in total. The van der Waals surface area contributed by atoms with Crippen LogP contribution in [0.2, 0.25) is 0 Å². The summed E-state index contributed by atoms with van der Waals surface area (Å²) < 4.78 is 0. The van der Waals surface area contributed by atoms with E-state index in [-0.39, 0.29) is 6.03 Å². The molecule has 3 aromatic carbocycles. The fourth-order valence-corrected chi connectivity index (χ4v) is 3.74. The van der Waals surface area contributed by atoms with Crippen LogP contribution in [0, 0.1) is 0 Å². The molecule has 0 bridgehead atoms. The van der Waals surface area contributed by atoms with Crippen LogP contribution < -0.4 is 4.90 Å². The number of unbranched alkanes of at least 4 members (excludes halogenated alkanes) is 1. The Hall–Kier alpha value is -3.07. The Bertz CT molecular complexity index is 920. The van der Waals surface area contributed by atoms with Crippen LogP contribution in [0.5, 0.6) is 0 Å². The van der Waals surface area contributed by atoms with Gasteiger partial charge in [-0.2, -0.15) is 0 Å². The molecular formula is C28H34N2O. The van der Waals surface area contributed by atoms with Crippen molar-refractivity contribution in [3.8, 4) is 0 Å². The van der Waals surface area contributed by atoms with E-state index in [0.717, 1.165) is 49.2 Å². The van der Waals surface area contributed by atoms with Gasteiger partial charge >= 0.3 is 6.03 Å². The second-order valence-corrected chi connectivity index (χ2v) is 7.93. The van der Waals surface area contributed by atoms with Crippen LogP contribution in [-0.2, 0) is 19.4 Å². The largest absolute Gasteiger partial charge is 0.329 e. The quantitative estimate of drug-likeness (QED) is 0.358. The van der Waals surface area contributed by atoms with Gasteiger partial charge in [-0.15, -0.1) is 0 Å². The molecule has 3 nitrogen and oxygen atoms in total. The lowest BCUT2D eigenvalue weighted by Crippen LogP contribution is -2.41. The standard InChI is InChI=1S/C28H34N2O/c1-4-7-19-29(22-25-13-9-8-10-14-25)28(31)30(26-17-11-15-23(5-2)20-26)27-18-12-16-24(6-3)21-27/h8-18,20-21H,4-7,19,22H2,1-3H3. The Morgan fingerprint density at radius 2 is 1.26 bits per heavy atom. The summed E-state index contributed by atoms with van der Waals surface area (Å²) in [5.74, 6) is 0. The highest BCUT2D eigenvalue weighted by Crippen LogP contribution is 2.29. The summed E-state index contributed by atoms with van der Waals surface area (Å²) in [5.41, 5.74) is 5.45.